The summed E-state index contributed by atoms with van der Waals surface area (Å²) in [6, 6.07) is 7.24. The molecule has 0 aromatic carbocycles. The number of aromatic nitrogens is 2. The van der Waals surface area contributed by atoms with Crippen LogP contribution in [0.15, 0.2) is 35.3 Å². The van der Waals surface area contributed by atoms with Gasteiger partial charge in [-0.1, -0.05) is 6.07 Å². The Morgan fingerprint density at radius 2 is 2.05 bits per heavy atom. The van der Waals surface area contributed by atoms with Crippen molar-refractivity contribution in [2.75, 3.05) is 0 Å². The lowest BCUT2D eigenvalue weighted by Gasteiger charge is -2.20. The zero-order valence-corrected chi connectivity index (χ0v) is 12.6. The van der Waals surface area contributed by atoms with E-state index in [4.69, 9.17) is 0 Å². The molecule has 22 heavy (non-hydrogen) atoms. The normalized spacial score (nSPS) is 15.5. The molecule has 0 amide bonds. The van der Waals surface area contributed by atoms with Crippen LogP contribution in [0.1, 0.15) is 46.2 Å². The SMILES string of the molecule is Cc1cccc(C(C2CC2)n2ccc(C)c(C(=O)O)c2=O)n1. The summed E-state index contributed by atoms with van der Waals surface area (Å²) in [6.07, 6.45) is 3.75. The van der Waals surface area contributed by atoms with Gasteiger partial charge in [-0.2, -0.15) is 0 Å². The third-order valence-corrected chi connectivity index (χ3v) is 4.12. The Bertz CT molecular complexity index is 791. The molecule has 1 fully saturated rings. The fourth-order valence-corrected chi connectivity index (χ4v) is 2.87. The van der Waals surface area contributed by atoms with E-state index in [1.54, 1.807) is 19.2 Å². The number of carboxylic acids is 1. The molecule has 1 aliphatic carbocycles. The molecule has 114 valence electrons. The summed E-state index contributed by atoms with van der Waals surface area (Å²) in [5.41, 5.74) is 1.60. The van der Waals surface area contributed by atoms with Crippen LogP contribution in [-0.4, -0.2) is 20.6 Å². The number of nitrogens with zero attached hydrogens (tertiary/aromatic N) is 2. The highest BCUT2D eigenvalue weighted by molar-refractivity contribution is 5.88. The molecule has 2 aromatic heterocycles. The maximum Gasteiger partial charge on any atom is 0.341 e. The Balaban J connectivity index is 2.17. The fourth-order valence-electron chi connectivity index (χ4n) is 2.87. The maximum atomic E-state index is 12.6. The molecule has 0 radical (unpaired) electrons. The summed E-state index contributed by atoms with van der Waals surface area (Å²) < 4.78 is 1.54. The van der Waals surface area contributed by atoms with E-state index in [1.165, 1.54) is 4.57 Å². The van der Waals surface area contributed by atoms with Crippen LogP contribution in [0.5, 0.6) is 0 Å². The van der Waals surface area contributed by atoms with Gasteiger partial charge in [0.2, 0.25) is 0 Å². The molecule has 1 unspecified atom stereocenters. The number of carboxylic acid groups (broad SMARTS) is 1. The lowest BCUT2D eigenvalue weighted by molar-refractivity contribution is 0.0693. The van der Waals surface area contributed by atoms with E-state index >= 15 is 0 Å². The van der Waals surface area contributed by atoms with E-state index in [0.29, 0.717) is 11.5 Å². The van der Waals surface area contributed by atoms with Gasteiger partial charge in [0.1, 0.15) is 5.56 Å². The van der Waals surface area contributed by atoms with Crippen LogP contribution >= 0.6 is 0 Å². The molecule has 1 saturated carbocycles. The van der Waals surface area contributed by atoms with E-state index in [0.717, 1.165) is 24.2 Å². The van der Waals surface area contributed by atoms with Crippen molar-refractivity contribution in [3.8, 4) is 0 Å². The van der Waals surface area contributed by atoms with Gasteiger partial charge >= 0.3 is 5.97 Å². The number of rotatable bonds is 4. The maximum absolute atomic E-state index is 12.6. The number of hydrogen-bond donors (Lipinski definition) is 1. The molecule has 1 aliphatic rings. The van der Waals surface area contributed by atoms with Gasteiger partial charge in [0.25, 0.3) is 5.56 Å². The Kier molecular flexibility index (Phi) is 3.56. The third kappa shape index (κ3) is 2.54. The monoisotopic (exact) mass is 298 g/mol. The Labute approximate surface area is 128 Å². The van der Waals surface area contributed by atoms with E-state index < -0.39 is 11.5 Å². The summed E-state index contributed by atoms with van der Waals surface area (Å²) >= 11 is 0. The highest BCUT2D eigenvalue weighted by Crippen LogP contribution is 2.42. The second kappa shape index (κ2) is 5.40. The molecule has 5 nitrogen and oxygen atoms in total. The summed E-state index contributed by atoms with van der Waals surface area (Å²) in [6.45, 7) is 3.56. The topological polar surface area (TPSA) is 72.2 Å². The number of aromatic carboxylic acids is 1. The molecule has 0 saturated heterocycles. The molecule has 2 aromatic rings. The molecular formula is C17H18N2O3. The first-order chi connectivity index (χ1) is 10.5. The van der Waals surface area contributed by atoms with Crippen molar-refractivity contribution < 1.29 is 9.90 Å². The highest BCUT2D eigenvalue weighted by atomic mass is 16.4. The van der Waals surface area contributed by atoms with E-state index in [9.17, 15) is 14.7 Å². The number of hydrogen-bond acceptors (Lipinski definition) is 3. The second-order valence-corrected chi connectivity index (χ2v) is 5.88. The molecule has 2 heterocycles. The predicted molar refractivity (Wildman–Crippen MR) is 82.2 cm³/mol. The van der Waals surface area contributed by atoms with Gasteiger partial charge in [0.05, 0.1) is 11.7 Å². The van der Waals surface area contributed by atoms with Gasteiger partial charge in [0.15, 0.2) is 0 Å². The van der Waals surface area contributed by atoms with Gasteiger partial charge in [-0.05, 0) is 56.4 Å². The van der Waals surface area contributed by atoms with E-state index in [1.807, 2.05) is 25.1 Å². The van der Waals surface area contributed by atoms with Gasteiger partial charge in [-0.25, -0.2) is 4.79 Å². The quantitative estimate of drug-likeness (QED) is 0.941. The first kappa shape index (κ1) is 14.5. The van der Waals surface area contributed by atoms with Crippen LogP contribution in [0.2, 0.25) is 0 Å². The fraction of sp³-hybridized carbons (Fsp3) is 0.353. The standard InChI is InChI=1S/C17H18N2O3/c1-10-8-9-19(16(20)14(10)17(21)22)15(12-6-7-12)13-5-3-4-11(2)18-13/h3-5,8-9,12,15H,6-7H2,1-2H3,(H,21,22). The zero-order valence-electron chi connectivity index (χ0n) is 12.6. The minimum atomic E-state index is -1.18. The zero-order chi connectivity index (χ0) is 15.9. The molecular weight excluding hydrogens is 280 g/mol. The lowest BCUT2D eigenvalue weighted by Crippen LogP contribution is -2.32. The van der Waals surface area contributed by atoms with Gasteiger partial charge in [-0.3, -0.25) is 9.78 Å². The third-order valence-electron chi connectivity index (χ3n) is 4.12. The molecule has 0 spiro atoms. The highest BCUT2D eigenvalue weighted by Gasteiger charge is 2.35. The predicted octanol–water partition coefficient (Wildman–Crippen LogP) is 2.56. The number of pyridine rings is 2. The number of carbonyl (C=O) groups is 1. The van der Waals surface area contributed by atoms with Crippen molar-refractivity contribution in [3.05, 3.63) is 63.3 Å². The van der Waals surface area contributed by atoms with Crippen LogP contribution in [0.3, 0.4) is 0 Å². The molecule has 0 bridgehead atoms. The summed E-state index contributed by atoms with van der Waals surface area (Å²) in [4.78, 5) is 28.5. The van der Waals surface area contributed by atoms with Crippen molar-refractivity contribution in [3.63, 3.8) is 0 Å². The molecule has 3 rings (SSSR count). The summed E-state index contributed by atoms with van der Waals surface area (Å²) in [5, 5.41) is 9.29. The average molecular weight is 298 g/mol. The molecule has 1 N–H and O–H groups in total. The minimum Gasteiger partial charge on any atom is -0.477 e. The Morgan fingerprint density at radius 3 is 2.64 bits per heavy atom. The van der Waals surface area contributed by atoms with Crippen LogP contribution in [0.25, 0.3) is 0 Å². The van der Waals surface area contributed by atoms with Gasteiger partial charge < -0.3 is 9.67 Å². The van der Waals surface area contributed by atoms with Gasteiger partial charge in [0, 0.05) is 11.9 Å². The Hall–Kier alpha value is -2.43. The summed E-state index contributed by atoms with van der Waals surface area (Å²) in [5.74, 6) is -0.833. The minimum absolute atomic E-state index is 0.152. The van der Waals surface area contributed by atoms with Crippen molar-refractivity contribution in [2.24, 2.45) is 5.92 Å². The van der Waals surface area contributed by atoms with Gasteiger partial charge in [-0.15, -0.1) is 0 Å². The van der Waals surface area contributed by atoms with Crippen LogP contribution in [0, 0.1) is 19.8 Å². The van der Waals surface area contributed by atoms with Crippen molar-refractivity contribution in [1.29, 1.82) is 0 Å². The smallest absolute Gasteiger partial charge is 0.341 e. The number of aryl methyl sites for hydroxylation is 2. The van der Waals surface area contributed by atoms with Crippen molar-refractivity contribution in [1.82, 2.24) is 9.55 Å². The van der Waals surface area contributed by atoms with Crippen molar-refractivity contribution >= 4 is 5.97 Å². The molecule has 0 aliphatic heterocycles. The second-order valence-electron chi connectivity index (χ2n) is 5.88. The summed E-state index contributed by atoms with van der Waals surface area (Å²) in [7, 11) is 0. The first-order valence-corrected chi connectivity index (χ1v) is 7.37. The van der Waals surface area contributed by atoms with E-state index in [-0.39, 0.29) is 11.6 Å². The van der Waals surface area contributed by atoms with Crippen LogP contribution < -0.4 is 5.56 Å². The van der Waals surface area contributed by atoms with Crippen LogP contribution in [0.4, 0.5) is 0 Å². The lowest BCUT2D eigenvalue weighted by atomic mass is 10.1. The Morgan fingerprint density at radius 1 is 1.32 bits per heavy atom. The first-order valence-electron chi connectivity index (χ1n) is 7.37. The van der Waals surface area contributed by atoms with E-state index in [2.05, 4.69) is 4.98 Å². The molecule has 5 heteroatoms. The molecule has 1 atom stereocenters. The van der Waals surface area contributed by atoms with Crippen LogP contribution in [-0.2, 0) is 0 Å². The van der Waals surface area contributed by atoms with Crippen molar-refractivity contribution in [2.45, 2.75) is 32.7 Å². The average Bonchev–Trinajstić information content (AvgIpc) is 3.26. The largest absolute Gasteiger partial charge is 0.477 e.